The summed E-state index contributed by atoms with van der Waals surface area (Å²) in [5.41, 5.74) is 2.50. The fourth-order valence-electron chi connectivity index (χ4n) is 1.35. The average Bonchev–Trinajstić information content (AvgIpc) is 2.18. The van der Waals surface area contributed by atoms with Gasteiger partial charge >= 0.3 is 0 Å². The van der Waals surface area contributed by atoms with E-state index < -0.39 is 0 Å². The molecule has 82 valence electrons. The zero-order chi connectivity index (χ0) is 11.1. The standard InChI is InChI=1S/C13H20N2/c1-11(2)8-15-9-12(3)7-13-5-4-6-14-10-13/h4-7,10-11,15H,8-9H2,1-3H3. The number of nitrogens with one attached hydrogen (secondary N) is 1. The van der Waals surface area contributed by atoms with E-state index in [0.29, 0.717) is 5.92 Å². The molecule has 0 fully saturated rings. The van der Waals surface area contributed by atoms with Crippen molar-refractivity contribution in [3.05, 3.63) is 35.7 Å². The molecule has 0 spiro atoms. The highest BCUT2D eigenvalue weighted by molar-refractivity contribution is 5.51. The lowest BCUT2D eigenvalue weighted by atomic mass is 10.2. The van der Waals surface area contributed by atoms with Gasteiger partial charge in [0.2, 0.25) is 0 Å². The Hall–Kier alpha value is -1.15. The smallest absolute Gasteiger partial charge is 0.0340 e. The Morgan fingerprint density at radius 3 is 2.93 bits per heavy atom. The van der Waals surface area contributed by atoms with Gasteiger partial charge in [-0.3, -0.25) is 4.98 Å². The molecule has 0 unspecified atom stereocenters. The van der Waals surface area contributed by atoms with Crippen molar-refractivity contribution in [2.24, 2.45) is 5.92 Å². The van der Waals surface area contributed by atoms with Gasteiger partial charge in [0.25, 0.3) is 0 Å². The van der Waals surface area contributed by atoms with Gasteiger partial charge in [0.05, 0.1) is 0 Å². The maximum Gasteiger partial charge on any atom is 0.0340 e. The fourth-order valence-corrected chi connectivity index (χ4v) is 1.35. The van der Waals surface area contributed by atoms with Crippen LogP contribution >= 0.6 is 0 Å². The van der Waals surface area contributed by atoms with Crippen molar-refractivity contribution in [1.29, 1.82) is 0 Å². The number of aromatic nitrogens is 1. The van der Waals surface area contributed by atoms with E-state index in [-0.39, 0.29) is 0 Å². The van der Waals surface area contributed by atoms with Crippen LogP contribution in [0.25, 0.3) is 6.08 Å². The van der Waals surface area contributed by atoms with Crippen LogP contribution in [0.1, 0.15) is 26.3 Å². The molecule has 1 N–H and O–H groups in total. The van der Waals surface area contributed by atoms with Crippen LogP contribution in [0.5, 0.6) is 0 Å². The van der Waals surface area contributed by atoms with E-state index >= 15 is 0 Å². The quantitative estimate of drug-likeness (QED) is 0.797. The molecular formula is C13H20N2. The predicted molar refractivity (Wildman–Crippen MR) is 65.6 cm³/mol. The first kappa shape index (κ1) is 11.9. The molecule has 2 heteroatoms. The first-order valence-electron chi connectivity index (χ1n) is 5.46. The van der Waals surface area contributed by atoms with Gasteiger partial charge in [0.15, 0.2) is 0 Å². The molecule has 0 atom stereocenters. The minimum Gasteiger partial charge on any atom is -0.313 e. The molecule has 0 aromatic carbocycles. The molecule has 1 rings (SSSR count). The maximum atomic E-state index is 4.08. The number of nitrogens with zero attached hydrogens (tertiary/aromatic N) is 1. The van der Waals surface area contributed by atoms with E-state index in [1.54, 1.807) is 6.20 Å². The SMILES string of the molecule is CC(=Cc1cccnc1)CNCC(C)C. The summed E-state index contributed by atoms with van der Waals surface area (Å²) in [7, 11) is 0. The van der Waals surface area contributed by atoms with Gasteiger partial charge in [-0.15, -0.1) is 0 Å². The second kappa shape index (κ2) is 6.36. The second-order valence-corrected chi connectivity index (χ2v) is 4.30. The van der Waals surface area contributed by atoms with Gasteiger partial charge in [0, 0.05) is 18.9 Å². The molecule has 0 amide bonds. The zero-order valence-corrected chi connectivity index (χ0v) is 9.83. The predicted octanol–water partition coefficient (Wildman–Crippen LogP) is 2.73. The topological polar surface area (TPSA) is 24.9 Å². The summed E-state index contributed by atoms with van der Waals surface area (Å²) >= 11 is 0. The van der Waals surface area contributed by atoms with Crippen LogP contribution in [0.3, 0.4) is 0 Å². The lowest BCUT2D eigenvalue weighted by Crippen LogP contribution is -2.21. The van der Waals surface area contributed by atoms with E-state index in [4.69, 9.17) is 0 Å². The largest absolute Gasteiger partial charge is 0.313 e. The van der Waals surface area contributed by atoms with Crippen LogP contribution in [0.2, 0.25) is 0 Å². The molecular weight excluding hydrogens is 184 g/mol. The third-order valence-electron chi connectivity index (χ3n) is 2.05. The van der Waals surface area contributed by atoms with Gasteiger partial charge in [-0.25, -0.2) is 0 Å². The van der Waals surface area contributed by atoms with Crippen LogP contribution in [0.15, 0.2) is 30.1 Å². The highest BCUT2D eigenvalue weighted by Crippen LogP contribution is 2.03. The maximum absolute atomic E-state index is 4.08. The Labute approximate surface area is 92.4 Å². The molecule has 0 bridgehead atoms. The van der Waals surface area contributed by atoms with E-state index in [9.17, 15) is 0 Å². The number of hydrogen-bond acceptors (Lipinski definition) is 2. The molecule has 15 heavy (non-hydrogen) atoms. The summed E-state index contributed by atoms with van der Waals surface area (Å²) in [6, 6.07) is 4.03. The minimum absolute atomic E-state index is 0.705. The molecule has 0 saturated carbocycles. The third-order valence-corrected chi connectivity index (χ3v) is 2.05. The number of hydrogen-bond donors (Lipinski definition) is 1. The summed E-state index contributed by atoms with van der Waals surface area (Å²) in [6.07, 6.45) is 5.84. The van der Waals surface area contributed by atoms with Crippen molar-refractivity contribution in [1.82, 2.24) is 10.3 Å². The van der Waals surface area contributed by atoms with E-state index in [1.165, 1.54) is 11.1 Å². The Balaban J connectivity index is 2.40. The molecule has 1 aromatic heterocycles. The van der Waals surface area contributed by atoms with Crippen LogP contribution in [-0.4, -0.2) is 18.1 Å². The number of rotatable bonds is 5. The van der Waals surface area contributed by atoms with Gasteiger partial charge in [-0.2, -0.15) is 0 Å². The molecule has 1 heterocycles. The molecule has 0 radical (unpaired) electrons. The van der Waals surface area contributed by atoms with Crippen molar-refractivity contribution in [2.45, 2.75) is 20.8 Å². The van der Waals surface area contributed by atoms with Crippen molar-refractivity contribution < 1.29 is 0 Å². The first-order chi connectivity index (χ1) is 7.18. The molecule has 0 saturated heterocycles. The highest BCUT2D eigenvalue weighted by atomic mass is 14.8. The van der Waals surface area contributed by atoms with Crippen LogP contribution in [-0.2, 0) is 0 Å². The molecule has 0 aliphatic heterocycles. The molecule has 2 nitrogen and oxygen atoms in total. The Bertz CT molecular complexity index is 302. The Morgan fingerprint density at radius 2 is 2.33 bits per heavy atom. The van der Waals surface area contributed by atoms with E-state index in [1.807, 2.05) is 12.3 Å². The van der Waals surface area contributed by atoms with E-state index in [2.05, 4.69) is 43.2 Å². The van der Waals surface area contributed by atoms with Crippen LogP contribution in [0.4, 0.5) is 0 Å². The second-order valence-electron chi connectivity index (χ2n) is 4.30. The summed E-state index contributed by atoms with van der Waals surface area (Å²) < 4.78 is 0. The minimum atomic E-state index is 0.705. The monoisotopic (exact) mass is 204 g/mol. The molecule has 0 aliphatic rings. The van der Waals surface area contributed by atoms with E-state index in [0.717, 1.165) is 13.1 Å². The molecule has 1 aromatic rings. The van der Waals surface area contributed by atoms with Crippen molar-refractivity contribution in [3.63, 3.8) is 0 Å². The third kappa shape index (κ3) is 5.33. The van der Waals surface area contributed by atoms with Gasteiger partial charge in [-0.1, -0.05) is 31.6 Å². The van der Waals surface area contributed by atoms with Gasteiger partial charge in [-0.05, 0) is 31.0 Å². The van der Waals surface area contributed by atoms with Crippen molar-refractivity contribution >= 4 is 6.08 Å². The van der Waals surface area contributed by atoms with Crippen LogP contribution in [0, 0.1) is 5.92 Å². The molecule has 0 aliphatic carbocycles. The number of pyridine rings is 1. The summed E-state index contributed by atoms with van der Waals surface area (Å²) in [5.74, 6) is 0.705. The lowest BCUT2D eigenvalue weighted by Gasteiger charge is -2.07. The van der Waals surface area contributed by atoms with Crippen molar-refractivity contribution in [3.8, 4) is 0 Å². The normalized spacial score (nSPS) is 12.1. The Morgan fingerprint density at radius 1 is 1.53 bits per heavy atom. The first-order valence-corrected chi connectivity index (χ1v) is 5.46. The van der Waals surface area contributed by atoms with Gasteiger partial charge in [0.1, 0.15) is 0 Å². The fraction of sp³-hybridized carbons (Fsp3) is 0.462. The zero-order valence-electron chi connectivity index (χ0n) is 9.83. The lowest BCUT2D eigenvalue weighted by molar-refractivity contribution is 0.572. The van der Waals surface area contributed by atoms with Crippen LogP contribution < -0.4 is 5.32 Å². The summed E-state index contributed by atoms with van der Waals surface area (Å²) in [6.45, 7) is 8.59. The Kier molecular flexibility index (Phi) is 5.05. The highest BCUT2D eigenvalue weighted by Gasteiger charge is 1.94. The van der Waals surface area contributed by atoms with Crippen molar-refractivity contribution in [2.75, 3.05) is 13.1 Å². The average molecular weight is 204 g/mol. The van der Waals surface area contributed by atoms with Gasteiger partial charge < -0.3 is 5.32 Å². The summed E-state index contributed by atoms with van der Waals surface area (Å²) in [5, 5.41) is 3.42. The summed E-state index contributed by atoms with van der Waals surface area (Å²) in [4.78, 5) is 4.08.